The van der Waals surface area contributed by atoms with E-state index in [4.69, 9.17) is 10.1 Å². The standard InChI is InChI=1S/C23H24N4O4S/c1-15-5-8-17(9-6-15)32(29,30)19-13-18-22(26(21(19)24)11-4-12-31-3)25-20-10-7-16(2)14-27(20)23(18)28/h5-10,13-14,24H,4,11-12H2,1-3H3. The van der Waals surface area contributed by atoms with E-state index in [-0.39, 0.29) is 38.4 Å². The van der Waals surface area contributed by atoms with Crippen molar-refractivity contribution >= 4 is 26.5 Å². The molecule has 0 bridgehead atoms. The summed E-state index contributed by atoms with van der Waals surface area (Å²) in [4.78, 5) is 17.8. The molecular formula is C23H24N4O4S. The molecule has 4 rings (SSSR count). The molecule has 166 valence electrons. The molecular weight excluding hydrogens is 428 g/mol. The summed E-state index contributed by atoms with van der Waals surface area (Å²) in [5.41, 5.74) is 1.92. The lowest BCUT2D eigenvalue weighted by Crippen LogP contribution is -2.30. The molecule has 1 aromatic carbocycles. The normalized spacial score (nSPS) is 12.0. The molecule has 0 aliphatic carbocycles. The van der Waals surface area contributed by atoms with Gasteiger partial charge in [0.05, 0.1) is 10.3 Å². The van der Waals surface area contributed by atoms with E-state index >= 15 is 0 Å². The summed E-state index contributed by atoms with van der Waals surface area (Å²) in [7, 11) is -2.45. The number of aromatic nitrogens is 3. The zero-order valence-corrected chi connectivity index (χ0v) is 18.9. The fourth-order valence-corrected chi connectivity index (χ4v) is 5.04. The van der Waals surface area contributed by atoms with Crippen LogP contribution >= 0.6 is 0 Å². The number of nitrogens with one attached hydrogen (secondary N) is 1. The first-order valence-electron chi connectivity index (χ1n) is 10.2. The molecule has 0 atom stereocenters. The van der Waals surface area contributed by atoms with Crippen LogP contribution in [0.4, 0.5) is 0 Å². The number of fused-ring (bicyclic) bond motifs is 2. The lowest BCUT2D eigenvalue weighted by atomic mass is 10.2. The number of rotatable bonds is 6. The first-order chi connectivity index (χ1) is 15.2. The molecule has 0 aliphatic heterocycles. The highest BCUT2D eigenvalue weighted by Crippen LogP contribution is 2.21. The molecule has 32 heavy (non-hydrogen) atoms. The Hall–Kier alpha value is -3.30. The van der Waals surface area contributed by atoms with Crippen molar-refractivity contribution in [3.8, 4) is 0 Å². The third-order valence-corrected chi connectivity index (χ3v) is 7.15. The molecule has 4 aromatic rings. The number of pyridine rings is 2. The predicted molar refractivity (Wildman–Crippen MR) is 121 cm³/mol. The molecule has 0 spiro atoms. The van der Waals surface area contributed by atoms with Crippen LogP contribution in [0.25, 0.3) is 16.7 Å². The Bertz CT molecular complexity index is 1550. The van der Waals surface area contributed by atoms with Gasteiger partial charge < -0.3 is 9.30 Å². The summed E-state index contributed by atoms with van der Waals surface area (Å²) < 4.78 is 34.9. The van der Waals surface area contributed by atoms with Crippen LogP contribution in [0.3, 0.4) is 0 Å². The Kier molecular flexibility index (Phi) is 5.70. The Morgan fingerprint density at radius 1 is 1.06 bits per heavy atom. The predicted octanol–water partition coefficient (Wildman–Crippen LogP) is 2.61. The number of ether oxygens (including phenoxy) is 1. The van der Waals surface area contributed by atoms with Crippen molar-refractivity contribution < 1.29 is 13.2 Å². The first-order valence-corrected chi connectivity index (χ1v) is 11.6. The average molecular weight is 453 g/mol. The van der Waals surface area contributed by atoms with Crippen LogP contribution in [0, 0.1) is 19.3 Å². The number of hydrogen-bond donors (Lipinski definition) is 1. The van der Waals surface area contributed by atoms with Gasteiger partial charge in [-0.05, 0) is 50.1 Å². The smallest absolute Gasteiger partial charge is 0.267 e. The van der Waals surface area contributed by atoms with Crippen LogP contribution < -0.4 is 11.0 Å². The van der Waals surface area contributed by atoms with Gasteiger partial charge in [0.25, 0.3) is 5.56 Å². The number of nitrogens with zero attached hydrogens (tertiary/aromatic N) is 3. The van der Waals surface area contributed by atoms with E-state index in [2.05, 4.69) is 4.98 Å². The fraction of sp³-hybridized carbons (Fsp3) is 0.261. The number of sulfone groups is 1. The topological polar surface area (TPSA) is 107 Å². The van der Waals surface area contributed by atoms with Crippen molar-refractivity contribution in [3.05, 3.63) is 75.6 Å². The van der Waals surface area contributed by atoms with E-state index < -0.39 is 9.84 Å². The summed E-state index contributed by atoms with van der Waals surface area (Å²) in [5.74, 6) is 0. The van der Waals surface area contributed by atoms with Gasteiger partial charge in [0.1, 0.15) is 21.7 Å². The lowest BCUT2D eigenvalue weighted by molar-refractivity contribution is 0.190. The number of hydrogen-bond acceptors (Lipinski definition) is 6. The van der Waals surface area contributed by atoms with Gasteiger partial charge in [0.2, 0.25) is 9.84 Å². The molecule has 9 heteroatoms. The van der Waals surface area contributed by atoms with Crippen molar-refractivity contribution in [1.82, 2.24) is 14.0 Å². The van der Waals surface area contributed by atoms with Crippen LogP contribution in [-0.4, -0.2) is 36.1 Å². The van der Waals surface area contributed by atoms with Crippen LogP contribution in [-0.2, 0) is 21.1 Å². The van der Waals surface area contributed by atoms with Gasteiger partial charge in [-0.2, -0.15) is 0 Å². The number of benzene rings is 1. The number of methoxy groups -OCH3 is 1. The Balaban J connectivity index is 2.07. The molecule has 1 N–H and O–H groups in total. The second-order valence-electron chi connectivity index (χ2n) is 7.76. The molecule has 0 unspecified atom stereocenters. The summed E-state index contributed by atoms with van der Waals surface area (Å²) in [6.07, 6.45) is 2.20. The molecule has 8 nitrogen and oxygen atoms in total. The molecule has 3 aromatic heterocycles. The second-order valence-corrected chi connectivity index (χ2v) is 9.68. The van der Waals surface area contributed by atoms with Crippen molar-refractivity contribution in [1.29, 1.82) is 5.41 Å². The Morgan fingerprint density at radius 3 is 2.44 bits per heavy atom. The third kappa shape index (κ3) is 3.74. The Labute approximate surface area is 185 Å². The summed E-state index contributed by atoms with van der Waals surface area (Å²) in [5, 5.41) is 8.86. The van der Waals surface area contributed by atoms with Crippen molar-refractivity contribution in [2.45, 2.75) is 36.6 Å². The van der Waals surface area contributed by atoms with Gasteiger partial charge in [-0.25, -0.2) is 13.4 Å². The quantitative estimate of drug-likeness (QED) is 0.358. The van der Waals surface area contributed by atoms with Crippen LogP contribution in [0.1, 0.15) is 17.5 Å². The zero-order valence-electron chi connectivity index (χ0n) is 18.1. The largest absolute Gasteiger partial charge is 0.385 e. The highest BCUT2D eigenvalue weighted by molar-refractivity contribution is 7.91. The van der Waals surface area contributed by atoms with E-state index in [1.807, 2.05) is 19.9 Å². The zero-order chi connectivity index (χ0) is 23.0. The van der Waals surface area contributed by atoms with Gasteiger partial charge in [-0.15, -0.1) is 0 Å². The minimum Gasteiger partial charge on any atom is -0.385 e. The maximum Gasteiger partial charge on any atom is 0.267 e. The van der Waals surface area contributed by atoms with E-state index in [9.17, 15) is 13.2 Å². The highest BCUT2D eigenvalue weighted by atomic mass is 32.2. The fourth-order valence-electron chi connectivity index (χ4n) is 3.65. The van der Waals surface area contributed by atoms with E-state index in [1.54, 1.807) is 31.5 Å². The maximum absolute atomic E-state index is 13.4. The number of aryl methyl sites for hydroxylation is 3. The third-order valence-electron chi connectivity index (χ3n) is 5.37. The van der Waals surface area contributed by atoms with Crippen molar-refractivity contribution in [3.63, 3.8) is 0 Å². The average Bonchev–Trinajstić information content (AvgIpc) is 2.76. The SMILES string of the molecule is COCCCn1c(=N)c(S(=O)(=O)c2ccc(C)cc2)cc2c(=O)n3cc(C)ccc3nc21. The van der Waals surface area contributed by atoms with Crippen LogP contribution in [0.2, 0.25) is 0 Å². The van der Waals surface area contributed by atoms with Crippen LogP contribution in [0.15, 0.2) is 63.2 Å². The van der Waals surface area contributed by atoms with E-state index in [0.29, 0.717) is 18.7 Å². The molecule has 3 heterocycles. The summed E-state index contributed by atoms with van der Waals surface area (Å²) in [6, 6.07) is 11.3. The maximum atomic E-state index is 13.4. The molecule has 0 saturated carbocycles. The second kappa shape index (κ2) is 8.33. The van der Waals surface area contributed by atoms with Crippen molar-refractivity contribution in [2.24, 2.45) is 0 Å². The van der Waals surface area contributed by atoms with Gasteiger partial charge in [-0.1, -0.05) is 23.8 Å². The highest BCUT2D eigenvalue weighted by Gasteiger charge is 2.24. The molecule has 0 fully saturated rings. The van der Waals surface area contributed by atoms with Gasteiger partial charge >= 0.3 is 0 Å². The molecule has 0 amide bonds. The van der Waals surface area contributed by atoms with Gasteiger partial charge in [0, 0.05) is 26.5 Å². The summed E-state index contributed by atoms with van der Waals surface area (Å²) >= 11 is 0. The molecule has 0 aliphatic rings. The minimum absolute atomic E-state index is 0.0732. The van der Waals surface area contributed by atoms with Crippen LogP contribution in [0.5, 0.6) is 0 Å². The molecule has 0 radical (unpaired) electrons. The van der Waals surface area contributed by atoms with Gasteiger partial charge in [-0.3, -0.25) is 14.6 Å². The van der Waals surface area contributed by atoms with Crippen molar-refractivity contribution in [2.75, 3.05) is 13.7 Å². The minimum atomic E-state index is -4.02. The van der Waals surface area contributed by atoms with E-state index in [1.165, 1.54) is 27.2 Å². The van der Waals surface area contributed by atoms with Gasteiger partial charge in [0.15, 0.2) is 0 Å². The monoisotopic (exact) mass is 452 g/mol. The molecule has 0 saturated heterocycles. The lowest BCUT2D eigenvalue weighted by Gasteiger charge is -2.15. The summed E-state index contributed by atoms with van der Waals surface area (Å²) in [6.45, 7) is 4.44. The first kappa shape index (κ1) is 21.9. The Morgan fingerprint density at radius 2 is 1.75 bits per heavy atom. The van der Waals surface area contributed by atoms with E-state index in [0.717, 1.165) is 11.1 Å².